The fraction of sp³-hybridized carbons (Fsp3) is 0.533. The quantitative estimate of drug-likeness (QED) is 0.870. The molecule has 118 valence electrons. The second-order valence-corrected chi connectivity index (χ2v) is 6.11. The van der Waals surface area contributed by atoms with Gasteiger partial charge in [0.1, 0.15) is 5.69 Å². The normalized spacial score (nSPS) is 30.1. The van der Waals surface area contributed by atoms with Crippen molar-refractivity contribution >= 4 is 11.8 Å². The standard InChI is InChI=1S/C15H17F2N3O2/c16-15(17)8-10(7-14(9-15)4-6-19-13(14)22)20-12(21)11-3-1-2-5-18-11/h1-3,5,10H,4,6-9H2,(H,19,22)(H,20,21)/t10-,14?/m0/s1. The summed E-state index contributed by atoms with van der Waals surface area (Å²) in [6.07, 6.45) is 1.21. The first kappa shape index (κ1) is 14.9. The van der Waals surface area contributed by atoms with Crippen LogP contribution in [0.4, 0.5) is 8.78 Å². The van der Waals surface area contributed by atoms with Gasteiger partial charge in [0.25, 0.3) is 11.8 Å². The van der Waals surface area contributed by atoms with Crippen LogP contribution in [0.5, 0.6) is 0 Å². The maximum atomic E-state index is 14.0. The Bertz CT molecular complexity index is 594. The van der Waals surface area contributed by atoms with Crippen molar-refractivity contribution in [1.29, 1.82) is 0 Å². The van der Waals surface area contributed by atoms with Crippen LogP contribution in [0.3, 0.4) is 0 Å². The van der Waals surface area contributed by atoms with Gasteiger partial charge in [-0.2, -0.15) is 0 Å². The number of hydrogen-bond acceptors (Lipinski definition) is 3. The smallest absolute Gasteiger partial charge is 0.270 e. The van der Waals surface area contributed by atoms with Crippen molar-refractivity contribution in [2.45, 2.75) is 37.6 Å². The summed E-state index contributed by atoms with van der Waals surface area (Å²) >= 11 is 0. The van der Waals surface area contributed by atoms with Crippen LogP contribution in [-0.4, -0.2) is 35.3 Å². The molecule has 2 N–H and O–H groups in total. The molecule has 2 amide bonds. The molecule has 0 radical (unpaired) electrons. The number of carbonyl (C=O) groups is 2. The highest BCUT2D eigenvalue weighted by atomic mass is 19.3. The SMILES string of the molecule is O=C(N[C@@H]1CC(F)(F)CC2(CCNC2=O)C1)c1ccccn1. The van der Waals surface area contributed by atoms with Crippen molar-refractivity contribution in [2.75, 3.05) is 6.54 Å². The van der Waals surface area contributed by atoms with Crippen molar-refractivity contribution in [2.24, 2.45) is 5.41 Å². The van der Waals surface area contributed by atoms with Gasteiger partial charge in [-0.3, -0.25) is 14.6 Å². The number of alkyl halides is 2. The Kier molecular flexibility index (Phi) is 3.58. The molecule has 1 saturated carbocycles. The van der Waals surface area contributed by atoms with Gasteiger partial charge in [0.2, 0.25) is 5.91 Å². The molecule has 2 fully saturated rings. The summed E-state index contributed by atoms with van der Waals surface area (Å²) in [7, 11) is 0. The Balaban J connectivity index is 1.76. The van der Waals surface area contributed by atoms with Crippen molar-refractivity contribution in [3.63, 3.8) is 0 Å². The van der Waals surface area contributed by atoms with E-state index in [2.05, 4.69) is 15.6 Å². The van der Waals surface area contributed by atoms with Crippen LogP contribution in [0, 0.1) is 5.41 Å². The van der Waals surface area contributed by atoms with Gasteiger partial charge in [-0.1, -0.05) is 6.07 Å². The highest BCUT2D eigenvalue weighted by molar-refractivity contribution is 5.92. The predicted molar refractivity (Wildman–Crippen MR) is 74.3 cm³/mol. The zero-order chi connectivity index (χ0) is 15.8. The van der Waals surface area contributed by atoms with E-state index < -0.39 is 36.1 Å². The molecule has 1 aromatic heterocycles. The number of rotatable bonds is 2. The molecule has 2 aliphatic rings. The summed E-state index contributed by atoms with van der Waals surface area (Å²) in [6, 6.07) is 4.11. The van der Waals surface area contributed by atoms with Crippen LogP contribution in [-0.2, 0) is 4.79 Å². The molecular weight excluding hydrogens is 292 g/mol. The van der Waals surface area contributed by atoms with E-state index in [1.54, 1.807) is 12.1 Å². The fourth-order valence-electron chi connectivity index (χ4n) is 3.48. The largest absolute Gasteiger partial charge is 0.356 e. The maximum Gasteiger partial charge on any atom is 0.270 e. The number of nitrogens with zero attached hydrogens (tertiary/aromatic N) is 1. The molecule has 3 rings (SSSR count). The van der Waals surface area contributed by atoms with Gasteiger partial charge in [-0.15, -0.1) is 0 Å². The Morgan fingerprint density at radius 2 is 2.18 bits per heavy atom. The van der Waals surface area contributed by atoms with E-state index in [0.717, 1.165) is 0 Å². The van der Waals surface area contributed by atoms with Crippen molar-refractivity contribution < 1.29 is 18.4 Å². The van der Waals surface area contributed by atoms with Crippen LogP contribution >= 0.6 is 0 Å². The van der Waals surface area contributed by atoms with E-state index >= 15 is 0 Å². The molecule has 1 aliphatic carbocycles. The van der Waals surface area contributed by atoms with Crippen molar-refractivity contribution in [3.8, 4) is 0 Å². The molecule has 1 aromatic rings. The lowest BCUT2D eigenvalue weighted by molar-refractivity contribution is -0.142. The minimum atomic E-state index is -2.96. The van der Waals surface area contributed by atoms with E-state index in [9.17, 15) is 18.4 Å². The fourth-order valence-corrected chi connectivity index (χ4v) is 3.48. The molecule has 0 bridgehead atoms. The number of halogens is 2. The molecular formula is C15H17F2N3O2. The zero-order valence-corrected chi connectivity index (χ0v) is 11.9. The number of nitrogens with one attached hydrogen (secondary N) is 2. The summed E-state index contributed by atoms with van der Waals surface area (Å²) in [5.74, 6) is -3.78. The van der Waals surface area contributed by atoms with E-state index in [1.165, 1.54) is 12.3 Å². The number of pyridine rings is 1. The van der Waals surface area contributed by atoms with Gasteiger partial charge < -0.3 is 10.6 Å². The molecule has 2 heterocycles. The molecule has 2 atom stereocenters. The zero-order valence-electron chi connectivity index (χ0n) is 11.9. The topological polar surface area (TPSA) is 71.1 Å². The minimum absolute atomic E-state index is 0.182. The average molecular weight is 309 g/mol. The summed E-state index contributed by atoms with van der Waals surface area (Å²) in [5.41, 5.74) is -0.884. The molecule has 7 heteroatoms. The summed E-state index contributed by atoms with van der Waals surface area (Å²) < 4.78 is 28.1. The van der Waals surface area contributed by atoms with Gasteiger partial charge in [0, 0.05) is 31.6 Å². The Hall–Kier alpha value is -2.05. The molecule has 1 unspecified atom stereocenters. The molecule has 1 spiro atoms. The first-order valence-corrected chi connectivity index (χ1v) is 7.28. The van der Waals surface area contributed by atoms with Gasteiger partial charge in [-0.05, 0) is 25.0 Å². The lowest BCUT2D eigenvalue weighted by Gasteiger charge is -2.40. The van der Waals surface area contributed by atoms with Gasteiger partial charge >= 0.3 is 0 Å². The Morgan fingerprint density at radius 3 is 2.82 bits per heavy atom. The third-order valence-electron chi connectivity index (χ3n) is 4.38. The first-order chi connectivity index (χ1) is 10.4. The number of hydrogen-bond donors (Lipinski definition) is 2. The summed E-state index contributed by atoms with van der Waals surface area (Å²) in [6.45, 7) is 0.413. The number of aromatic nitrogens is 1. The van der Waals surface area contributed by atoms with Crippen molar-refractivity contribution in [1.82, 2.24) is 15.6 Å². The second kappa shape index (κ2) is 5.30. The number of carbonyl (C=O) groups excluding carboxylic acids is 2. The highest BCUT2D eigenvalue weighted by Crippen LogP contribution is 2.48. The Morgan fingerprint density at radius 1 is 1.36 bits per heavy atom. The van der Waals surface area contributed by atoms with Crippen LogP contribution in [0.2, 0.25) is 0 Å². The van der Waals surface area contributed by atoms with Gasteiger partial charge in [-0.25, -0.2) is 8.78 Å². The average Bonchev–Trinajstić information content (AvgIpc) is 2.78. The summed E-state index contributed by atoms with van der Waals surface area (Å²) in [4.78, 5) is 28.0. The van der Waals surface area contributed by atoms with Gasteiger partial charge in [0.05, 0.1) is 5.41 Å². The van der Waals surface area contributed by atoms with Crippen LogP contribution in [0.1, 0.15) is 36.2 Å². The van der Waals surface area contributed by atoms with Gasteiger partial charge in [0.15, 0.2) is 0 Å². The summed E-state index contributed by atoms with van der Waals surface area (Å²) in [5, 5.41) is 5.23. The van der Waals surface area contributed by atoms with Crippen LogP contribution in [0.15, 0.2) is 24.4 Å². The maximum absolute atomic E-state index is 14.0. The third-order valence-corrected chi connectivity index (χ3v) is 4.38. The molecule has 0 aromatic carbocycles. The van der Waals surface area contributed by atoms with E-state index in [4.69, 9.17) is 0 Å². The first-order valence-electron chi connectivity index (χ1n) is 7.28. The second-order valence-electron chi connectivity index (χ2n) is 6.11. The highest BCUT2D eigenvalue weighted by Gasteiger charge is 2.55. The molecule has 22 heavy (non-hydrogen) atoms. The monoisotopic (exact) mass is 309 g/mol. The molecule has 1 aliphatic heterocycles. The third kappa shape index (κ3) is 2.80. The molecule has 1 saturated heterocycles. The number of amides is 2. The predicted octanol–water partition coefficient (Wildman–Crippen LogP) is 1.51. The minimum Gasteiger partial charge on any atom is -0.356 e. The van der Waals surface area contributed by atoms with E-state index in [-0.39, 0.29) is 18.0 Å². The van der Waals surface area contributed by atoms with E-state index in [0.29, 0.717) is 13.0 Å². The lowest BCUT2D eigenvalue weighted by Crippen LogP contribution is -2.51. The lowest BCUT2D eigenvalue weighted by atomic mass is 9.69. The molecule has 5 nitrogen and oxygen atoms in total. The van der Waals surface area contributed by atoms with Crippen molar-refractivity contribution in [3.05, 3.63) is 30.1 Å². The van der Waals surface area contributed by atoms with Crippen LogP contribution in [0.25, 0.3) is 0 Å². The van der Waals surface area contributed by atoms with E-state index in [1.807, 2.05) is 0 Å². The Labute approximate surface area is 126 Å². The van der Waals surface area contributed by atoms with Crippen LogP contribution < -0.4 is 10.6 Å².